The highest BCUT2D eigenvalue weighted by Gasteiger charge is 2.19. The van der Waals surface area contributed by atoms with Gasteiger partial charge in [0.15, 0.2) is 0 Å². The summed E-state index contributed by atoms with van der Waals surface area (Å²) < 4.78 is 0. The van der Waals surface area contributed by atoms with Crippen molar-refractivity contribution in [2.75, 3.05) is 10.2 Å². The van der Waals surface area contributed by atoms with E-state index in [0.717, 1.165) is 32.6 Å². The number of carboxylic acids is 4. The zero-order valence-electron chi connectivity index (χ0n) is 23.9. The Hall–Kier alpha value is -5.56. The van der Waals surface area contributed by atoms with Gasteiger partial charge in [0.2, 0.25) is 0 Å². The van der Waals surface area contributed by atoms with Crippen LogP contribution in [-0.2, 0) is 0 Å². The predicted octanol–water partition coefficient (Wildman–Crippen LogP) is 5.40. The number of rotatable bonds is 12. The molecule has 0 saturated carbocycles. The van der Waals surface area contributed by atoms with Crippen LogP contribution in [0.15, 0.2) is 121 Å². The van der Waals surface area contributed by atoms with Crippen molar-refractivity contribution in [2.24, 2.45) is 0 Å². The Balaban J connectivity index is 1.43. The maximum absolute atomic E-state index is 11.4. The van der Waals surface area contributed by atoms with E-state index in [9.17, 15) is 39.6 Å². The Labute approximate surface area is 265 Å². The van der Waals surface area contributed by atoms with Crippen LogP contribution in [0.3, 0.4) is 0 Å². The fourth-order valence-electron chi connectivity index (χ4n) is 4.45. The Morgan fingerprint density at radius 2 is 0.543 bits per heavy atom. The van der Waals surface area contributed by atoms with Crippen molar-refractivity contribution < 1.29 is 39.6 Å². The highest BCUT2D eigenvalue weighted by molar-refractivity contribution is 7.74. The molecule has 0 aliphatic heterocycles. The Morgan fingerprint density at radius 1 is 0.348 bits per heavy atom. The van der Waals surface area contributed by atoms with Crippen LogP contribution >= 0.6 is 16.1 Å². The van der Waals surface area contributed by atoms with E-state index in [4.69, 9.17) is 0 Å². The van der Waals surface area contributed by atoms with Crippen LogP contribution in [0, 0.1) is 0 Å². The lowest BCUT2D eigenvalue weighted by Crippen LogP contribution is -2.19. The van der Waals surface area contributed by atoms with Crippen LogP contribution in [0.4, 0.5) is 11.4 Å². The van der Waals surface area contributed by atoms with Gasteiger partial charge in [-0.3, -0.25) is 0 Å². The van der Waals surface area contributed by atoms with Crippen molar-refractivity contribution in [3.05, 3.63) is 144 Å². The molecule has 5 rings (SSSR count). The number of carboxylic acid groups (broad SMARTS) is 4. The van der Waals surface area contributed by atoms with Gasteiger partial charge in [-0.2, -0.15) is 0 Å². The van der Waals surface area contributed by atoms with Crippen LogP contribution < -0.4 is 31.4 Å². The summed E-state index contributed by atoms with van der Waals surface area (Å²) in [7, 11) is -2.51. The van der Waals surface area contributed by atoms with Gasteiger partial charge in [-0.1, -0.05) is 48.5 Å². The lowest BCUT2D eigenvalue weighted by Gasteiger charge is -2.23. The summed E-state index contributed by atoms with van der Waals surface area (Å²) in [6, 6.07) is 33.7. The van der Waals surface area contributed by atoms with Gasteiger partial charge in [0, 0.05) is 32.6 Å². The fourth-order valence-corrected chi connectivity index (χ4v) is 8.16. The topological polar surface area (TPSA) is 173 Å². The smallest absolute Gasteiger partial charge is 0.335 e. The van der Waals surface area contributed by atoms with E-state index in [1.807, 2.05) is 24.3 Å². The molecule has 0 aromatic heterocycles. The molecule has 6 N–H and O–H groups in total. The average molecular weight is 653 g/mol. The van der Waals surface area contributed by atoms with Crippen molar-refractivity contribution in [2.45, 2.75) is 0 Å². The maximum atomic E-state index is 11.4. The van der Waals surface area contributed by atoms with Crippen molar-refractivity contribution in [3.63, 3.8) is 0 Å². The van der Waals surface area contributed by atoms with Gasteiger partial charge in [-0.25, -0.2) is 19.2 Å². The first-order chi connectivity index (χ1) is 22.1. The highest BCUT2D eigenvalue weighted by Crippen LogP contribution is 2.38. The third kappa shape index (κ3) is 7.56. The second-order valence-electron chi connectivity index (χ2n) is 9.88. The molecule has 0 radical (unpaired) electrons. The average Bonchev–Trinajstić information content (AvgIpc) is 3.07. The van der Waals surface area contributed by atoms with Gasteiger partial charge < -0.3 is 30.6 Å². The van der Waals surface area contributed by atoms with E-state index >= 15 is 0 Å². The van der Waals surface area contributed by atoms with Crippen LogP contribution in [0.25, 0.3) is 0 Å². The van der Waals surface area contributed by atoms with Gasteiger partial charge >= 0.3 is 23.9 Å². The highest BCUT2D eigenvalue weighted by atomic mass is 31.1. The minimum Gasteiger partial charge on any atom is -0.478 e. The Morgan fingerprint density at radius 3 is 0.717 bits per heavy atom. The van der Waals surface area contributed by atoms with Crippen molar-refractivity contribution >= 4 is 72.6 Å². The zero-order valence-corrected chi connectivity index (χ0v) is 25.7. The number of hydrogen-bond acceptors (Lipinski definition) is 6. The first-order valence-electron chi connectivity index (χ1n) is 13.7. The lowest BCUT2D eigenvalue weighted by atomic mass is 10.2. The molecule has 0 bridgehead atoms. The first kappa shape index (κ1) is 31.9. The monoisotopic (exact) mass is 652 g/mol. The molecular weight excluding hydrogens is 626 g/mol. The van der Waals surface area contributed by atoms with E-state index in [1.54, 1.807) is 48.5 Å². The van der Waals surface area contributed by atoms with E-state index in [0.29, 0.717) is 0 Å². The molecule has 46 heavy (non-hydrogen) atoms. The van der Waals surface area contributed by atoms with E-state index < -0.39 is 40.0 Å². The van der Waals surface area contributed by atoms with Crippen LogP contribution in [0.5, 0.6) is 0 Å². The number of benzene rings is 5. The maximum Gasteiger partial charge on any atom is 0.335 e. The summed E-state index contributed by atoms with van der Waals surface area (Å²) in [5.41, 5.74) is 2.15. The van der Waals surface area contributed by atoms with Gasteiger partial charge in [0.05, 0.1) is 38.4 Å². The van der Waals surface area contributed by atoms with Gasteiger partial charge in [0.1, 0.15) is 0 Å². The molecule has 5 aromatic carbocycles. The van der Waals surface area contributed by atoms with Crippen LogP contribution in [-0.4, -0.2) is 44.3 Å². The van der Waals surface area contributed by atoms with Crippen LogP contribution in [0.1, 0.15) is 41.4 Å². The molecule has 0 atom stereocenters. The minimum atomic E-state index is -1.25. The molecule has 0 heterocycles. The number of nitrogens with one attached hydrogen (secondary N) is 2. The molecule has 0 spiro atoms. The van der Waals surface area contributed by atoms with Crippen molar-refractivity contribution in [3.8, 4) is 0 Å². The Kier molecular flexibility index (Phi) is 9.72. The summed E-state index contributed by atoms with van der Waals surface area (Å²) in [5.74, 6) is -4.14. The minimum absolute atomic E-state index is 0.155. The van der Waals surface area contributed by atoms with E-state index in [-0.39, 0.29) is 22.3 Å². The molecule has 0 amide bonds. The number of aromatic carboxylic acids is 4. The summed E-state index contributed by atoms with van der Waals surface area (Å²) >= 11 is 0. The standard InChI is InChI=1S/C34H26N2O8P2/c37-31(38)21-1-13-27(14-2-21)45(28-15-3-22(4-16-28)32(39)40)35-25-9-11-26(12-10-25)36-46(29-17-5-23(6-18-29)33(41)42)30-19-7-24(8-20-30)34(43)44/h1-20,35-36H,(H,37,38)(H,39,40)(H,41,42)(H,43,44). The second kappa shape index (κ2) is 14.0. The van der Waals surface area contributed by atoms with Gasteiger partial charge in [-0.05, 0) is 72.8 Å². The molecular formula is C34H26N2O8P2. The zero-order chi connectivity index (χ0) is 32.8. The molecule has 230 valence electrons. The molecule has 12 heteroatoms. The molecule has 0 aliphatic rings. The largest absolute Gasteiger partial charge is 0.478 e. The second-order valence-corrected chi connectivity index (χ2v) is 13.7. The predicted molar refractivity (Wildman–Crippen MR) is 180 cm³/mol. The van der Waals surface area contributed by atoms with E-state index in [2.05, 4.69) is 10.2 Å². The third-order valence-electron chi connectivity index (χ3n) is 6.86. The normalized spacial score (nSPS) is 10.8. The summed E-state index contributed by atoms with van der Waals surface area (Å²) in [6.07, 6.45) is 0. The Bertz CT molecular complexity index is 1620. The third-order valence-corrected chi connectivity index (χ3v) is 11.1. The SMILES string of the molecule is O=C(O)c1ccc(P(Nc2ccc(NP(c3ccc(C(=O)O)cc3)c3ccc(C(=O)O)cc3)cc2)c2ccc(C(=O)O)cc2)cc1. The summed E-state index contributed by atoms with van der Waals surface area (Å²) in [5, 5.41) is 47.7. The summed E-state index contributed by atoms with van der Waals surface area (Å²) in [6.45, 7) is 0. The first-order valence-corrected chi connectivity index (χ1v) is 16.3. The fraction of sp³-hybridized carbons (Fsp3) is 0. The molecule has 0 saturated heterocycles. The van der Waals surface area contributed by atoms with Gasteiger partial charge in [-0.15, -0.1) is 0 Å². The quantitative estimate of drug-likeness (QED) is 0.0959. The molecule has 5 aromatic rings. The molecule has 0 fully saturated rings. The van der Waals surface area contributed by atoms with Crippen molar-refractivity contribution in [1.82, 2.24) is 0 Å². The van der Waals surface area contributed by atoms with Crippen molar-refractivity contribution in [1.29, 1.82) is 0 Å². The number of anilines is 2. The number of carbonyl (C=O) groups is 4. The number of hydrogen-bond donors (Lipinski definition) is 6. The summed E-state index contributed by atoms with van der Waals surface area (Å²) in [4.78, 5) is 45.6. The molecule has 0 aliphatic carbocycles. The lowest BCUT2D eigenvalue weighted by molar-refractivity contribution is 0.0686. The molecule has 0 unspecified atom stereocenters. The van der Waals surface area contributed by atoms with E-state index in [1.165, 1.54) is 48.5 Å². The van der Waals surface area contributed by atoms with Gasteiger partial charge in [0.25, 0.3) is 0 Å². The molecule has 10 nitrogen and oxygen atoms in total. The van der Waals surface area contributed by atoms with Crippen LogP contribution in [0.2, 0.25) is 0 Å².